The van der Waals surface area contributed by atoms with E-state index >= 15 is 0 Å². The average Bonchev–Trinajstić information content (AvgIpc) is 3.28. The molecule has 2 rings (SSSR count). The minimum absolute atomic E-state index is 0.123. The summed E-state index contributed by atoms with van der Waals surface area (Å²) < 4.78 is 0. The summed E-state index contributed by atoms with van der Waals surface area (Å²) in [5, 5.41) is 2.92. The number of pyridine rings is 1. The summed E-state index contributed by atoms with van der Waals surface area (Å²) in [5.74, 6) is 5.23. The van der Waals surface area contributed by atoms with Crippen LogP contribution in [-0.2, 0) is 0 Å². The second kappa shape index (κ2) is 6.49. The van der Waals surface area contributed by atoms with Crippen LogP contribution in [0.4, 0.5) is 5.69 Å². The molecule has 0 aliphatic heterocycles. The number of anilines is 1. The first-order chi connectivity index (χ1) is 9.26. The molecular formula is C13H21N5O. The van der Waals surface area contributed by atoms with Gasteiger partial charge in [-0.3, -0.25) is 20.5 Å². The van der Waals surface area contributed by atoms with Gasteiger partial charge in [-0.2, -0.15) is 0 Å². The Kier molecular flexibility index (Phi) is 4.70. The van der Waals surface area contributed by atoms with Crippen LogP contribution in [0.2, 0.25) is 0 Å². The van der Waals surface area contributed by atoms with Gasteiger partial charge < -0.3 is 10.7 Å². The first-order valence-corrected chi connectivity index (χ1v) is 6.69. The van der Waals surface area contributed by atoms with E-state index in [1.807, 2.05) is 0 Å². The number of carbonyl (C=O) groups is 1. The first-order valence-electron chi connectivity index (χ1n) is 6.69. The molecule has 0 saturated heterocycles. The fourth-order valence-electron chi connectivity index (χ4n) is 2.15. The van der Waals surface area contributed by atoms with Gasteiger partial charge in [0.1, 0.15) is 0 Å². The molecule has 4 N–H and O–H groups in total. The zero-order chi connectivity index (χ0) is 13.7. The van der Waals surface area contributed by atoms with Crippen molar-refractivity contribution in [3.63, 3.8) is 0 Å². The van der Waals surface area contributed by atoms with Crippen molar-refractivity contribution in [1.29, 1.82) is 0 Å². The van der Waals surface area contributed by atoms with Crippen LogP contribution in [0.5, 0.6) is 0 Å². The lowest BCUT2D eigenvalue weighted by Gasteiger charge is -2.19. The lowest BCUT2D eigenvalue weighted by atomic mass is 10.2. The summed E-state index contributed by atoms with van der Waals surface area (Å²) in [5.41, 5.74) is 3.54. The largest absolute Gasteiger partial charge is 0.351 e. The molecule has 0 spiro atoms. The molecule has 0 bridgehead atoms. The van der Waals surface area contributed by atoms with Crippen LogP contribution in [-0.4, -0.2) is 41.5 Å². The number of likely N-dealkylation sites (N-methyl/N-ethyl adjacent to an activating group) is 1. The maximum absolute atomic E-state index is 12.0. The van der Waals surface area contributed by atoms with E-state index in [-0.39, 0.29) is 5.91 Å². The van der Waals surface area contributed by atoms with Gasteiger partial charge in [0.2, 0.25) is 0 Å². The number of nitrogen functional groups attached to an aromatic ring is 1. The standard InChI is InChI=1S/C13H21N5O/c1-2-18(10-3-4-10)8-7-16-13(19)11-5-6-15-9-12(11)17-14/h5-6,9-10,17H,2-4,7-8,14H2,1H3,(H,16,19). The Hall–Kier alpha value is -1.66. The number of nitrogens with two attached hydrogens (primary N) is 1. The third-order valence-electron chi connectivity index (χ3n) is 3.38. The Morgan fingerprint density at radius 1 is 1.58 bits per heavy atom. The highest BCUT2D eigenvalue weighted by Crippen LogP contribution is 2.25. The van der Waals surface area contributed by atoms with Crippen molar-refractivity contribution < 1.29 is 4.79 Å². The Morgan fingerprint density at radius 3 is 3.00 bits per heavy atom. The van der Waals surface area contributed by atoms with E-state index in [9.17, 15) is 4.79 Å². The molecule has 0 radical (unpaired) electrons. The van der Waals surface area contributed by atoms with E-state index in [0.717, 1.165) is 19.1 Å². The Morgan fingerprint density at radius 2 is 2.37 bits per heavy atom. The van der Waals surface area contributed by atoms with Crippen LogP contribution < -0.4 is 16.6 Å². The lowest BCUT2D eigenvalue weighted by Crippen LogP contribution is -2.36. The molecule has 0 atom stereocenters. The predicted molar refractivity (Wildman–Crippen MR) is 74.6 cm³/mol. The Labute approximate surface area is 113 Å². The molecule has 6 nitrogen and oxygen atoms in total. The van der Waals surface area contributed by atoms with E-state index in [0.29, 0.717) is 17.8 Å². The Balaban J connectivity index is 1.83. The topological polar surface area (TPSA) is 83.3 Å². The van der Waals surface area contributed by atoms with E-state index in [4.69, 9.17) is 5.84 Å². The molecule has 1 fully saturated rings. The van der Waals surface area contributed by atoms with Crippen LogP contribution in [0.1, 0.15) is 30.1 Å². The van der Waals surface area contributed by atoms with E-state index in [1.54, 1.807) is 12.3 Å². The van der Waals surface area contributed by atoms with Crippen molar-refractivity contribution in [3.05, 3.63) is 24.0 Å². The first kappa shape index (κ1) is 13.8. The number of hydrogen-bond acceptors (Lipinski definition) is 5. The Bertz CT molecular complexity index is 433. The summed E-state index contributed by atoms with van der Waals surface area (Å²) in [6.07, 6.45) is 5.69. The van der Waals surface area contributed by atoms with Crippen LogP contribution in [0.15, 0.2) is 18.5 Å². The number of aromatic nitrogens is 1. The number of nitrogens with one attached hydrogen (secondary N) is 2. The summed E-state index contributed by atoms with van der Waals surface area (Å²) in [6, 6.07) is 2.38. The van der Waals surface area contributed by atoms with E-state index < -0.39 is 0 Å². The van der Waals surface area contributed by atoms with Crippen molar-refractivity contribution in [2.75, 3.05) is 25.1 Å². The van der Waals surface area contributed by atoms with Gasteiger partial charge in [0, 0.05) is 25.3 Å². The fourth-order valence-corrected chi connectivity index (χ4v) is 2.15. The smallest absolute Gasteiger partial charge is 0.253 e. The van der Waals surface area contributed by atoms with E-state index in [2.05, 4.69) is 27.6 Å². The third-order valence-corrected chi connectivity index (χ3v) is 3.38. The molecule has 1 aliphatic carbocycles. The van der Waals surface area contributed by atoms with Gasteiger partial charge >= 0.3 is 0 Å². The predicted octanol–water partition coefficient (Wildman–Crippen LogP) is 0.581. The van der Waals surface area contributed by atoms with Crippen molar-refractivity contribution in [1.82, 2.24) is 15.2 Å². The van der Waals surface area contributed by atoms with Gasteiger partial charge in [-0.25, -0.2) is 0 Å². The molecular weight excluding hydrogens is 242 g/mol. The number of hydrazine groups is 1. The molecule has 1 aliphatic rings. The maximum Gasteiger partial charge on any atom is 0.253 e. The number of carbonyl (C=O) groups excluding carboxylic acids is 1. The molecule has 1 aromatic rings. The highest BCUT2D eigenvalue weighted by atomic mass is 16.1. The molecule has 6 heteroatoms. The summed E-state index contributed by atoms with van der Waals surface area (Å²) in [4.78, 5) is 18.3. The second-order valence-electron chi connectivity index (χ2n) is 4.68. The van der Waals surface area contributed by atoms with Crippen molar-refractivity contribution >= 4 is 11.6 Å². The monoisotopic (exact) mass is 263 g/mol. The van der Waals surface area contributed by atoms with Gasteiger partial charge in [0.05, 0.1) is 17.4 Å². The average molecular weight is 263 g/mol. The zero-order valence-corrected chi connectivity index (χ0v) is 11.2. The molecule has 1 aromatic heterocycles. The number of rotatable bonds is 7. The lowest BCUT2D eigenvalue weighted by molar-refractivity contribution is 0.0948. The number of nitrogens with zero attached hydrogens (tertiary/aromatic N) is 2. The van der Waals surface area contributed by atoms with Crippen molar-refractivity contribution in [3.8, 4) is 0 Å². The normalized spacial score (nSPS) is 14.5. The fraction of sp³-hybridized carbons (Fsp3) is 0.538. The van der Waals surface area contributed by atoms with Crippen LogP contribution in [0.3, 0.4) is 0 Å². The molecule has 104 valence electrons. The zero-order valence-electron chi connectivity index (χ0n) is 11.2. The van der Waals surface area contributed by atoms with Crippen LogP contribution in [0.25, 0.3) is 0 Å². The van der Waals surface area contributed by atoms with E-state index in [1.165, 1.54) is 19.0 Å². The summed E-state index contributed by atoms with van der Waals surface area (Å²) >= 11 is 0. The highest BCUT2D eigenvalue weighted by molar-refractivity contribution is 5.99. The van der Waals surface area contributed by atoms with Crippen LogP contribution in [0, 0.1) is 0 Å². The quantitative estimate of drug-likeness (QED) is 0.495. The number of hydrogen-bond donors (Lipinski definition) is 3. The second-order valence-corrected chi connectivity index (χ2v) is 4.68. The molecule has 1 saturated carbocycles. The summed E-state index contributed by atoms with van der Waals surface area (Å²) in [6.45, 7) is 4.73. The third kappa shape index (κ3) is 3.65. The SMILES string of the molecule is CCN(CCNC(=O)c1ccncc1NN)C1CC1. The highest BCUT2D eigenvalue weighted by Gasteiger charge is 2.27. The number of amides is 1. The minimum Gasteiger partial charge on any atom is -0.351 e. The van der Waals surface area contributed by atoms with Gasteiger partial charge in [0.15, 0.2) is 0 Å². The maximum atomic E-state index is 12.0. The van der Waals surface area contributed by atoms with Gasteiger partial charge in [0.25, 0.3) is 5.91 Å². The minimum atomic E-state index is -0.123. The van der Waals surface area contributed by atoms with Gasteiger partial charge in [-0.15, -0.1) is 0 Å². The van der Waals surface area contributed by atoms with Crippen molar-refractivity contribution in [2.24, 2.45) is 5.84 Å². The summed E-state index contributed by atoms with van der Waals surface area (Å²) in [7, 11) is 0. The molecule has 1 amide bonds. The molecule has 0 aromatic carbocycles. The van der Waals surface area contributed by atoms with Gasteiger partial charge in [-0.1, -0.05) is 6.92 Å². The molecule has 1 heterocycles. The molecule has 19 heavy (non-hydrogen) atoms. The molecule has 0 unspecified atom stereocenters. The van der Waals surface area contributed by atoms with Crippen molar-refractivity contribution in [2.45, 2.75) is 25.8 Å². The van der Waals surface area contributed by atoms with Gasteiger partial charge in [-0.05, 0) is 25.5 Å². The van der Waals surface area contributed by atoms with Crippen LogP contribution >= 0.6 is 0 Å².